The minimum absolute atomic E-state index is 0.205. The Hall–Kier alpha value is -0.870. The van der Waals surface area contributed by atoms with Crippen LogP contribution in [0.5, 0.6) is 0 Å². The van der Waals surface area contributed by atoms with Crippen LogP contribution in [0.1, 0.15) is 6.42 Å². The molecule has 0 saturated heterocycles. The van der Waals surface area contributed by atoms with E-state index in [1.54, 1.807) is 0 Å². The molecular formula is C7H13NO3. The molecule has 0 aromatic rings. The molecule has 0 fully saturated rings. The number of carbonyl (C=O) groups excluding carboxylic acids is 1. The highest BCUT2D eigenvalue weighted by Crippen LogP contribution is 1.84. The second-order valence-corrected chi connectivity index (χ2v) is 2.12. The van der Waals surface area contributed by atoms with E-state index in [-0.39, 0.29) is 25.5 Å². The van der Waals surface area contributed by atoms with Crippen LogP contribution < -0.4 is 5.32 Å². The van der Waals surface area contributed by atoms with Gasteiger partial charge in [-0.15, -0.1) is 6.58 Å². The summed E-state index contributed by atoms with van der Waals surface area (Å²) in [5.41, 5.74) is 0. The number of hydrogen-bond donors (Lipinski definition) is 3. The number of hydrogen-bond acceptors (Lipinski definition) is 3. The summed E-state index contributed by atoms with van der Waals surface area (Å²) in [6, 6.07) is -0.553. The number of nitrogens with one attached hydrogen (secondary N) is 1. The van der Waals surface area contributed by atoms with Crippen LogP contribution in [0, 0.1) is 0 Å². The summed E-state index contributed by atoms with van der Waals surface area (Å²) in [6.45, 7) is 2.87. The summed E-state index contributed by atoms with van der Waals surface area (Å²) < 4.78 is 0. The van der Waals surface area contributed by atoms with Crippen LogP contribution in [-0.2, 0) is 4.79 Å². The van der Waals surface area contributed by atoms with Crippen molar-refractivity contribution in [2.45, 2.75) is 12.5 Å². The van der Waals surface area contributed by atoms with Gasteiger partial charge in [-0.05, 0) is 0 Å². The molecule has 0 aliphatic heterocycles. The number of rotatable bonds is 5. The molecule has 0 heterocycles. The Bertz CT molecular complexity index is 132. The Morgan fingerprint density at radius 2 is 2.09 bits per heavy atom. The van der Waals surface area contributed by atoms with Gasteiger partial charge in [0, 0.05) is 6.42 Å². The molecule has 0 aliphatic carbocycles. The standard InChI is InChI=1S/C7H13NO3/c1-2-3-7(11)8-6(4-9)5-10/h2,6,9-10H,1,3-5H2,(H,8,11). The molecule has 3 N–H and O–H groups in total. The zero-order chi connectivity index (χ0) is 8.69. The van der Waals surface area contributed by atoms with Crippen molar-refractivity contribution in [2.75, 3.05) is 13.2 Å². The number of amides is 1. The lowest BCUT2D eigenvalue weighted by Gasteiger charge is -2.11. The molecule has 0 aromatic heterocycles. The monoisotopic (exact) mass is 159 g/mol. The van der Waals surface area contributed by atoms with Gasteiger partial charge in [-0.25, -0.2) is 0 Å². The maximum atomic E-state index is 10.8. The fraction of sp³-hybridized carbons (Fsp3) is 0.571. The van der Waals surface area contributed by atoms with Gasteiger partial charge >= 0.3 is 0 Å². The number of carbonyl (C=O) groups is 1. The molecule has 11 heavy (non-hydrogen) atoms. The molecule has 0 bridgehead atoms. The van der Waals surface area contributed by atoms with Gasteiger partial charge in [0.1, 0.15) is 0 Å². The molecular weight excluding hydrogens is 146 g/mol. The van der Waals surface area contributed by atoms with Crippen molar-refractivity contribution in [3.63, 3.8) is 0 Å². The summed E-state index contributed by atoms with van der Waals surface area (Å²) in [7, 11) is 0. The number of aliphatic hydroxyl groups excluding tert-OH is 2. The SMILES string of the molecule is C=CCC(=O)NC(CO)CO. The second kappa shape index (κ2) is 5.88. The summed E-state index contributed by atoms with van der Waals surface area (Å²) >= 11 is 0. The van der Waals surface area contributed by atoms with Crippen LogP contribution in [0.3, 0.4) is 0 Å². The topological polar surface area (TPSA) is 69.6 Å². The van der Waals surface area contributed by atoms with E-state index in [0.29, 0.717) is 0 Å². The molecule has 0 aliphatic rings. The molecule has 4 nitrogen and oxygen atoms in total. The summed E-state index contributed by atoms with van der Waals surface area (Å²) in [6.07, 6.45) is 1.66. The highest BCUT2D eigenvalue weighted by Gasteiger charge is 2.07. The van der Waals surface area contributed by atoms with Crippen LogP contribution in [0.15, 0.2) is 12.7 Å². The van der Waals surface area contributed by atoms with E-state index in [1.807, 2.05) is 0 Å². The molecule has 4 heteroatoms. The molecule has 0 rings (SSSR count). The van der Waals surface area contributed by atoms with Gasteiger partial charge in [0.2, 0.25) is 5.91 Å². The quantitative estimate of drug-likeness (QED) is 0.452. The van der Waals surface area contributed by atoms with Crippen molar-refractivity contribution in [1.29, 1.82) is 0 Å². The zero-order valence-corrected chi connectivity index (χ0v) is 6.29. The van der Waals surface area contributed by atoms with Gasteiger partial charge in [-0.2, -0.15) is 0 Å². The Labute approximate surface area is 65.5 Å². The van der Waals surface area contributed by atoms with Gasteiger partial charge in [0.05, 0.1) is 19.3 Å². The van der Waals surface area contributed by atoms with Crippen LogP contribution >= 0.6 is 0 Å². The van der Waals surface area contributed by atoms with Crippen molar-refractivity contribution in [3.8, 4) is 0 Å². The smallest absolute Gasteiger partial charge is 0.224 e. The van der Waals surface area contributed by atoms with E-state index in [4.69, 9.17) is 10.2 Å². The van der Waals surface area contributed by atoms with Gasteiger partial charge < -0.3 is 15.5 Å². The van der Waals surface area contributed by atoms with E-state index < -0.39 is 6.04 Å². The Balaban J connectivity index is 3.62. The van der Waals surface area contributed by atoms with Gasteiger partial charge in [0.25, 0.3) is 0 Å². The first-order chi connectivity index (χ1) is 5.24. The van der Waals surface area contributed by atoms with Crippen LogP contribution in [0.4, 0.5) is 0 Å². The lowest BCUT2D eigenvalue weighted by atomic mass is 10.3. The Morgan fingerprint density at radius 1 is 1.55 bits per heavy atom. The van der Waals surface area contributed by atoms with Gasteiger partial charge in [-0.1, -0.05) is 6.08 Å². The first-order valence-electron chi connectivity index (χ1n) is 3.36. The molecule has 0 saturated carbocycles. The van der Waals surface area contributed by atoms with E-state index in [9.17, 15) is 4.79 Å². The third-order valence-electron chi connectivity index (χ3n) is 1.14. The molecule has 1 amide bonds. The predicted octanol–water partition coefficient (Wildman–Crippen LogP) is -0.968. The highest BCUT2D eigenvalue weighted by molar-refractivity contribution is 5.77. The lowest BCUT2D eigenvalue weighted by Crippen LogP contribution is -2.39. The van der Waals surface area contributed by atoms with Crippen molar-refractivity contribution in [1.82, 2.24) is 5.32 Å². The first kappa shape index (κ1) is 10.1. The fourth-order valence-corrected chi connectivity index (χ4v) is 0.567. The summed E-state index contributed by atoms with van der Waals surface area (Å²) in [4.78, 5) is 10.8. The van der Waals surface area contributed by atoms with Crippen LogP contribution in [0.2, 0.25) is 0 Å². The highest BCUT2D eigenvalue weighted by atomic mass is 16.3. The minimum atomic E-state index is -0.553. The minimum Gasteiger partial charge on any atom is -0.394 e. The zero-order valence-electron chi connectivity index (χ0n) is 6.29. The maximum absolute atomic E-state index is 10.8. The van der Waals surface area contributed by atoms with Crippen molar-refractivity contribution >= 4 is 5.91 Å². The average molecular weight is 159 g/mol. The molecule has 0 unspecified atom stereocenters. The third-order valence-corrected chi connectivity index (χ3v) is 1.14. The van der Waals surface area contributed by atoms with Crippen LogP contribution in [0.25, 0.3) is 0 Å². The first-order valence-corrected chi connectivity index (χ1v) is 3.36. The van der Waals surface area contributed by atoms with Crippen LogP contribution in [-0.4, -0.2) is 35.4 Å². The number of aliphatic hydroxyl groups is 2. The normalized spacial score (nSPS) is 9.73. The molecule has 0 atom stereocenters. The third kappa shape index (κ3) is 4.52. The Kier molecular flexibility index (Phi) is 5.42. The maximum Gasteiger partial charge on any atom is 0.224 e. The van der Waals surface area contributed by atoms with Crippen molar-refractivity contribution in [2.24, 2.45) is 0 Å². The Morgan fingerprint density at radius 3 is 2.45 bits per heavy atom. The second-order valence-electron chi connectivity index (χ2n) is 2.12. The van der Waals surface area contributed by atoms with Gasteiger partial charge in [-0.3, -0.25) is 4.79 Å². The molecule has 0 spiro atoms. The van der Waals surface area contributed by atoms with Gasteiger partial charge in [0.15, 0.2) is 0 Å². The molecule has 64 valence electrons. The molecule has 0 radical (unpaired) electrons. The van der Waals surface area contributed by atoms with Crippen molar-refractivity contribution < 1.29 is 15.0 Å². The van der Waals surface area contributed by atoms with E-state index in [1.165, 1.54) is 6.08 Å². The van der Waals surface area contributed by atoms with E-state index in [2.05, 4.69) is 11.9 Å². The largest absolute Gasteiger partial charge is 0.394 e. The summed E-state index contributed by atoms with van der Waals surface area (Å²) in [5, 5.41) is 19.5. The van der Waals surface area contributed by atoms with Crippen molar-refractivity contribution in [3.05, 3.63) is 12.7 Å². The van der Waals surface area contributed by atoms with E-state index in [0.717, 1.165) is 0 Å². The predicted molar refractivity (Wildman–Crippen MR) is 40.9 cm³/mol. The fourth-order valence-electron chi connectivity index (χ4n) is 0.567. The molecule has 0 aromatic carbocycles. The van der Waals surface area contributed by atoms with E-state index >= 15 is 0 Å². The lowest BCUT2D eigenvalue weighted by molar-refractivity contribution is -0.121. The average Bonchev–Trinajstić information content (AvgIpc) is 2.01. The summed E-state index contributed by atoms with van der Waals surface area (Å²) in [5.74, 6) is -0.242.